The summed E-state index contributed by atoms with van der Waals surface area (Å²) in [5, 5.41) is 20.8. The minimum Gasteiger partial charge on any atom is -0.508 e. The number of hydrogen-bond acceptors (Lipinski definition) is 2. The average Bonchev–Trinajstić information content (AvgIpc) is 3.63. The molecule has 0 amide bonds. The SMILES string of the molecule is CCC1(CCCCCCc2c(O)ccc(O)c2CCCCCCC2(C)CC2)CC1. The van der Waals surface area contributed by atoms with E-state index in [1.54, 1.807) is 12.1 Å². The van der Waals surface area contributed by atoms with Gasteiger partial charge in [0.2, 0.25) is 0 Å². The summed E-state index contributed by atoms with van der Waals surface area (Å²) in [4.78, 5) is 0. The minimum absolute atomic E-state index is 0.377. The van der Waals surface area contributed by atoms with Gasteiger partial charge >= 0.3 is 0 Å². The van der Waals surface area contributed by atoms with Crippen molar-refractivity contribution in [1.29, 1.82) is 0 Å². The van der Waals surface area contributed by atoms with Crippen LogP contribution in [-0.2, 0) is 12.8 Å². The Morgan fingerprint density at radius 1 is 0.690 bits per heavy atom. The Morgan fingerprint density at radius 2 is 1.17 bits per heavy atom. The molecule has 0 saturated heterocycles. The van der Waals surface area contributed by atoms with E-state index in [1.807, 2.05) is 0 Å². The van der Waals surface area contributed by atoms with Crippen LogP contribution in [0.25, 0.3) is 0 Å². The minimum atomic E-state index is 0.377. The molecule has 1 aromatic rings. The lowest BCUT2D eigenvalue weighted by atomic mass is 9.93. The molecule has 2 aliphatic carbocycles. The van der Waals surface area contributed by atoms with E-state index in [0.29, 0.717) is 22.3 Å². The van der Waals surface area contributed by atoms with Crippen molar-refractivity contribution in [2.45, 2.75) is 123 Å². The fourth-order valence-electron chi connectivity index (χ4n) is 5.01. The van der Waals surface area contributed by atoms with Crippen molar-refractivity contribution in [3.63, 3.8) is 0 Å². The van der Waals surface area contributed by atoms with Crippen LogP contribution in [0.1, 0.15) is 121 Å². The number of phenols is 2. The molecular formula is C27H44O2. The summed E-state index contributed by atoms with van der Waals surface area (Å²) in [5.74, 6) is 0.754. The van der Waals surface area contributed by atoms with E-state index < -0.39 is 0 Å². The normalized spacial score (nSPS) is 18.7. The molecule has 0 radical (unpaired) electrons. The van der Waals surface area contributed by atoms with Gasteiger partial charge in [-0.15, -0.1) is 0 Å². The van der Waals surface area contributed by atoms with Crippen LogP contribution in [0.2, 0.25) is 0 Å². The van der Waals surface area contributed by atoms with Crippen LogP contribution in [0, 0.1) is 10.8 Å². The van der Waals surface area contributed by atoms with Gasteiger partial charge in [-0.25, -0.2) is 0 Å². The number of aromatic hydroxyl groups is 2. The van der Waals surface area contributed by atoms with Crippen LogP contribution in [0.15, 0.2) is 12.1 Å². The molecule has 0 aliphatic heterocycles. The molecule has 164 valence electrons. The summed E-state index contributed by atoms with van der Waals surface area (Å²) >= 11 is 0. The van der Waals surface area contributed by atoms with Crippen molar-refractivity contribution >= 4 is 0 Å². The van der Waals surface area contributed by atoms with E-state index in [0.717, 1.165) is 36.8 Å². The van der Waals surface area contributed by atoms with Gasteiger partial charge < -0.3 is 10.2 Å². The molecular weight excluding hydrogens is 356 g/mol. The molecule has 2 fully saturated rings. The molecule has 2 aliphatic rings. The first-order valence-corrected chi connectivity index (χ1v) is 12.5. The zero-order valence-corrected chi connectivity index (χ0v) is 19.1. The van der Waals surface area contributed by atoms with Gasteiger partial charge in [-0.3, -0.25) is 0 Å². The first-order valence-electron chi connectivity index (χ1n) is 12.5. The molecule has 2 heteroatoms. The zero-order valence-electron chi connectivity index (χ0n) is 19.1. The second kappa shape index (κ2) is 10.2. The maximum atomic E-state index is 10.4. The second-order valence-corrected chi connectivity index (χ2v) is 10.6. The number of benzene rings is 1. The maximum absolute atomic E-state index is 10.4. The highest BCUT2D eigenvalue weighted by Crippen LogP contribution is 2.52. The van der Waals surface area contributed by atoms with Gasteiger partial charge in [0.05, 0.1) is 0 Å². The highest BCUT2D eigenvalue weighted by atomic mass is 16.3. The van der Waals surface area contributed by atoms with Crippen molar-refractivity contribution in [2.24, 2.45) is 10.8 Å². The second-order valence-electron chi connectivity index (χ2n) is 10.6. The zero-order chi connectivity index (χ0) is 20.7. The highest BCUT2D eigenvalue weighted by molar-refractivity contribution is 5.47. The Bertz CT molecular complexity index is 640. The molecule has 0 heterocycles. The maximum Gasteiger partial charge on any atom is 0.119 e. The topological polar surface area (TPSA) is 40.5 Å². The number of hydrogen-bond donors (Lipinski definition) is 2. The van der Waals surface area contributed by atoms with Gasteiger partial charge in [0.1, 0.15) is 11.5 Å². The van der Waals surface area contributed by atoms with E-state index in [1.165, 1.54) is 83.5 Å². The summed E-state index contributed by atoms with van der Waals surface area (Å²) in [6.45, 7) is 4.75. The van der Waals surface area contributed by atoms with E-state index in [9.17, 15) is 10.2 Å². The monoisotopic (exact) mass is 400 g/mol. The van der Waals surface area contributed by atoms with Crippen molar-refractivity contribution in [2.75, 3.05) is 0 Å². The van der Waals surface area contributed by atoms with Gasteiger partial charge in [-0.05, 0) is 87.2 Å². The average molecular weight is 401 g/mol. The van der Waals surface area contributed by atoms with Crippen LogP contribution in [-0.4, -0.2) is 10.2 Å². The lowest BCUT2D eigenvalue weighted by Gasteiger charge is -2.14. The van der Waals surface area contributed by atoms with Crippen LogP contribution in [0.3, 0.4) is 0 Å². The molecule has 2 saturated carbocycles. The lowest BCUT2D eigenvalue weighted by molar-refractivity contribution is 0.419. The smallest absolute Gasteiger partial charge is 0.119 e. The molecule has 2 N–H and O–H groups in total. The van der Waals surface area contributed by atoms with Gasteiger partial charge in [0.15, 0.2) is 0 Å². The molecule has 0 unspecified atom stereocenters. The molecule has 1 aromatic carbocycles. The highest BCUT2D eigenvalue weighted by Gasteiger charge is 2.39. The summed E-state index contributed by atoms with van der Waals surface area (Å²) in [6.07, 6.45) is 21.6. The molecule has 0 spiro atoms. The predicted octanol–water partition coefficient (Wildman–Crippen LogP) is 8.07. The largest absolute Gasteiger partial charge is 0.508 e. The Balaban J connectivity index is 1.36. The van der Waals surface area contributed by atoms with Crippen LogP contribution in [0.5, 0.6) is 11.5 Å². The summed E-state index contributed by atoms with van der Waals surface area (Å²) in [5.41, 5.74) is 3.39. The molecule has 2 nitrogen and oxygen atoms in total. The van der Waals surface area contributed by atoms with Crippen molar-refractivity contribution in [3.05, 3.63) is 23.3 Å². The van der Waals surface area contributed by atoms with Gasteiger partial charge in [-0.1, -0.05) is 58.8 Å². The summed E-state index contributed by atoms with van der Waals surface area (Å²) in [7, 11) is 0. The van der Waals surface area contributed by atoms with E-state index in [2.05, 4.69) is 13.8 Å². The van der Waals surface area contributed by atoms with Crippen LogP contribution in [0.4, 0.5) is 0 Å². The van der Waals surface area contributed by atoms with Gasteiger partial charge in [0, 0.05) is 11.1 Å². The van der Waals surface area contributed by atoms with E-state index >= 15 is 0 Å². The van der Waals surface area contributed by atoms with E-state index in [4.69, 9.17) is 0 Å². The van der Waals surface area contributed by atoms with Crippen LogP contribution < -0.4 is 0 Å². The first-order chi connectivity index (χ1) is 14.0. The molecule has 3 rings (SSSR count). The Labute approximate surface area is 179 Å². The third kappa shape index (κ3) is 6.93. The van der Waals surface area contributed by atoms with Crippen molar-refractivity contribution < 1.29 is 10.2 Å². The number of unbranched alkanes of at least 4 members (excludes halogenated alkanes) is 6. The summed E-state index contributed by atoms with van der Waals surface area (Å²) in [6, 6.07) is 3.34. The molecule has 0 bridgehead atoms. The third-order valence-electron chi connectivity index (χ3n) is 8.03. The third-order valence-corrected chi connectivity index (χ3v) is 8.03. The summed E-state index contributed by atoms with van der Waals surface area (Å²) < 4.78 is 0. The molecule has 29 heavy (non-hydrogen) atoms. The van der Waals surface area contributed by atoms with Crippen molar-refractivity contribution in [1.82, 2.24) is 0 Å². The Hall–Kier alpha value is -1.18. The standard InChI is InChI=1S/C27H44O2/c1-3-27(20-21-27)17-11-7-5-9-13-23-22(24(28)14-15-25(23)29)12-8-4-6-10-16-26(2)18-19-26/h14-15,28-29H,3-13,16-21H2,1-2H3. The fraction of sp³-hybridized carbons (Fsp3) is 0.778. The fourth-order valence-corrected chi connectivity index (χ4v) is 5.01. The van der Waals surface area contributed by atoms with Crippen molar-refractivity contribution in [3.8, 4) is 11.5 Å². The molecule has 0 atom stereocenters. The quantitative estimate of drug-likeness (QED) is 0.231. The van der Waals surface area contributed by atoms with E-state index in [-0.39, 0.29) is 0 Å². The lowest BCUT2D eigenvalue weighted by Crippen LogP contribution is -1.99. The Kier molecular flexibility index (Phi) is 7.93. The van der Waals surface area contributed by atoms with Gasteiger partial charge in [-0.2, -0.15) is 0 Å². The first kappa shape index (κ1) is 22.5. The number of phenolic OH excluding ortho intramolecular Hbond substituents is 2. The molecule has 0 aromatic heterocycles. The Morgan fingerprint density at radius 3 is 1.62 bits per heavy atom. The van der Waals surface area contributed by atoms with Gasteiger partial charge in [0.25, 0.3) is 0 Å². The van der Waals surface area contributed by atoms with Crippen LogP contribution >= 0.6 is 0 Å². The number of rotatable bonds is 15. The predicted molar refractivity (Wildman–Crippen MR) is 123 cm³/mol.